The molecular formula is C10H15N3OS2. The second-order valence-electron chi connectivity index (χ2n) is 3.38. The molecule has 2 heterocycles. The number of fused-ring (bicyclic) bond motifs is 1. The predicted octanol–water partition coefficient (Wildman–Crippen LogP) is 1.59. The molecule has 16 heavy (non-hydrogen) atoms. The zero-order chi connectivity index (χ0) is 11.4. The summed E-state index contributed by atoms with van der Waals surface area (Å²) in [7, 11) is 1.94. The van der Waals surface area contributed by atoms with Crippen LogP contribution in [0.5, 0.6) is 0 Å². The first-order valence-electron chi connectivity index (χ1n) is 5.19. The number of imidazole rings is 1. The molecule has 2 aromatic heterocycles. The molecule has 0 fully saturated rings. The van der Waals surface area contributed by atoms with Gasteiger partial charge >= 0.3 is 0 Å². The van der Waals surface area contributed by atoms with Gasteiger partial charge in [0.1, 0.15) is 5.03 Å². The standard InChI is InChI=1S/C10H15N3OS2/c1-11-7-8-9(15-5-2-4-14)12-10-13(8)3-6-16-10/h3,6,11,14H,2,4-5,7H2,1H3. The van der Waals surface area contributed by atoms with E-state index >= 15 is 0 Å². The van der Waals surface area contributed by atoms with Crippen molar-refractivity contribution in [3.05, 3.63) is 17.3 Å². The van der Waals surface area contributed by atoms with Crippen molar-refractivity contribution >= 4 is 28.1 Å². The number of thioether (sulfide) groups is 1. The minimum atomic E-state index is 0.247. The van der Waals surface area contributed by atoms with Crippen LogP contribution in [0.3, 0.4) is 0 Å². The van der Waals surface area contributed by atoms with E-state index in [0.29, 0.717) is 0 Å². The second-order valence-corrected chi connectivity index (χ2v) is 5.33. The molecule has 0 atom stereocenters. The summed E-state index contributed by atoms with van der Waals surface area (Å²) in [4.78, 5) is 5.62. The topological polar surface area (TPSA) is 49.6 Å². The van der Waals surface area contributed by atoms with Gasteiger partial charge in [0.25, 0.3) is 0 Å². The van der Waals surface area contributed by atoms with E-state index in [9.17, 15) is 0 Å². The van der Waals surface area contributed by atoms with Crippen LogP contribution in [0.2, 0.25) is 0 Å². The van der Waals surface area contributed by atoms with Crippen LogP contribution in [0.4, 0.5) is 0 Å². The molecule has 0 aliphatic heterocycles. The molecular weight excluding hydrogens is 242 g/mol. The number of aliphatic hydroxyl groups excluding tert-OH is 1. The molecule has 2 rings (SSSR count). The van der Waals surface area contributed by atoms with Gasteiger partial charge in [-0.3, -0.25) is 4.40 Å². The zero-order valence-electron chi connectivity index (χ0n) is 9.14. The summed E-state index contributed by atoms with van der Waals surface area (Å²) in [5.41, 5.74) is 1.21. The van der Waals surface area contributed by atoms with Gasteiger partial charge in [-0.1, -0.05) is 0 Å². The Hall–Kier alpha value is -0.560. The highest BCUT2D eigenvalue weighted by molar-refractivity contribution is 7.99. The highest BCUT2D eigenvalue weighted by atomic mass is 32.2. The molecule has 0 aliphatic carbocycles. The lowest BCUT2D eigenvalue weighted by molar-refractivity contribution is 0.296. The van der Waals surface area contributed by atoms with Crippen LogP contribution < -0.4 is 5.32 Å². The molecule has 0 radical (unpaired) electrons. The number of aromatic nitrogens is 2. The number of nitrogens with one attached hydrogen (secondary N) is 1. The van der Waals surface area contributed by atoms with Crippen molar-refractivity contribution in [3.8, 4) is 0 Å². The number of hydrogen-bond donors (Lipinski definition) is 2. The minimum absolute atomic E-state index is 0.247. The molecule has 88 valence electrons. The fourth-order valence-corrected chi connectivity index (χ4v) is 3.24. The normalized spacial score (nSPS) is 11.4. The van der Waals surface area contributed by atoms with E-state index in [1.807, 2.05) is 12.4 Å². The summed E-state index contributed by atoms with van der Waals surface area (Å²) in [5, 5.41) is 15.1. The van der Waals surface area contributed by atoms with Gasteiger partial charge in [-0.05, 0) is 13.5 Å². The van der Waals surface area contributed by atoms with Gasteiger partial charge in [0, 0.05) is 30.5 Å². The summed E-state index contributed by atoms with van der Waals surface area (Å²) in [6.07, 6.45) is 2.87. The van der Waals surface area contributed by atoms with Crippen molar-refractivity contribution < 1.29 is 5.11 Å². The highest BCUT2D eigenvalue weighted by Crippen LogP contribution is 2.26. The largest absolute Gasteiger partial charge is 0.396 e. The Labute approximate surface area is 103 Å². The van der Waals surface area contributed by atoms with Crippen molar-refractivity contribution in [2.45, 2.75) is 18.0 Å². The van der Waals surface area contributed by atoms with Crippen LogP contribution in [-0.2, 0) is 6.54 Å². The number of thiazole rings is 1. The third-order valence-corrected chi connectivity index (χ3v) is 4.06. The lowest BCUT2D eigenvalue weighted by Crippen LogP contribution is -2.08. The monoisotopic (exact) mass is 257 g/mol. The van der Waals surface area contributed by atoms with Crippen LogP contribution in [0.25, 0.3) is 4.96 Å². The lowest BCUT2D eigenvalue weighted by atomic mass is 10.5. The zero-order valence-corrected chi connectivity index (χ0v) is 10.8. The van der Waals surface area contributed by atoms with E-state index in [1.54, 1.807) is 23.1 Å². The van der Waals surface area contributed by atoms with Gasteiger partial charge in [0.05, 0.1) is 5.69 Å². The fourth-order valence-electron chi connectivity index (χ4n) is 1.49. The highest BCUT2D eigenvalue weighted by Gasteiger charge is 2.12. The van der Waals surface area contributed by atoms with E-state index < -0.39 is 0 Å². The molecule has 0 bridgehead atoms. The van der Waals surface area contributed by atoms with Crippen LogP contribution >= 0.6 is 23.1 Å². The van der Waals surface area contributed by atoms with Crippen LogP contribution in [0, 0.1) is 0 Å². The summed E-state index contributed by atoms with van der Waals surface area (Å²) in [6, 6.07) is 0. The molecule has 6 heteroatoms. The van der Waals surface area contributed by atoms with Gasteiger partial charge in [-0.15, -0.1) is 23.1 Å². The van der Waals surface area contributed by atoms with Gasteiger partial charge < -0.3 is 10.4 Å². The Morgan fingerprint density at radius 2 is 2.50 bits per heavy atom. The van der Waals surface area contributed by atoms with E-state index in [0.717, 1.165) is 28.7 Å². The SMILES string of the molecule is CNCc1c(SCCCO)nc2sccn12. The van der Waals surface area contributed by atoms with Crippen LogP contribution in [0.1, 0.15) is 12.1 Å². The molecule has 0 spiro atoms. The van der Waals surface area contributed by atoms with Crippen molar-refractivity contribution in [2.24, 2.45) is 0 Å². The van der Waals surface area contributed by atoms with E-state index in [2.05, 4.69) is 20.9 Å². The average Bonchev–Trinajstić information content (AvgIpc) is 2.83. The summed E-state index contributed by atoms with van der Waals surface area (Å²) in [5.74, 6) is 0.915. The molecule has 0 amide bonds. The second kappa shape index (κ2) is 5.67. The quantitative estimate of drug-likeness (QED) is 0.609. The average molecular weight is 257 g/mol. The molecule has 0 aliphatic rings. The minimum Gasteiger partial charge on any atom is -0.396 e. The maximum Gasteiger partial charge on any atom is 0.194 e. The Balaban J connectivity index is 2.20. The summed E-state index contributed by atoms with van der Waals surface area (Å²) >= 11 is 3.37. The first-order valence-corrected chi connectivity index (χ1v) is 7.06. The first kappa shape index (κ1) is 11.9. The predicted molar refractivity (Wildman–Crippen MR) is 68.3 cm³/mol. The van der Waals surface area contributed by atoms with E-state index in [1.165, 1.54) is 5.69 Å². The molecule has 2 aromatic rings. The molecule has 0 unspecified atom stereocenters. The third-order valence-electron chi connectivity index (χ3n) is 2.21. The van der Waals surface area contributed by atoms with E-state index in [4.69, 9.17) is 5.11 Å². The van der Waals surface area contributed by atoms with Crippen molar-refractivity contribution in [1.29, 1.82) is 0 Å². The number of nitrogens with zero attached hydrogens (tertiary/aromatic N) is 2. The molecule has 0 aromatic carbocycles. The Bertz CT molecular complexity index is 452. The van der Waals surface area contributed by atoms with Gasteiger partial charge in [-0.2, -0.15) is 0 Å². The maximum absolute atomic E-state index is 8.77. The molecule has 4 nitrogen and oxygen atoms in total. The third kappa shape index (κ3) is 2.40. The Kier molecular flexibility index (Phi) is 4.22. The van der Waals surface area contributed by atoms with Crippen molar-refractivity contribution in [3.63, 3.8) is 0 Å². The van der Waals surface area contributed by atoms with Gasteiger partial charge in [0.15, 0.2) is 4.96 Å². The van der Waals surface area contributed by atoms with Crippen LogP contribution in [0.15, 0.2) is 16.6 Å². The first-order chi connectivity index (χ1) is 7.86. The molecule has 0 saturated heterocycles. The molecule has 0 saturated carbocycles. The van der Waals surface area contributed by atoms with Crippen molar-refractivity contribution in [2.75, 3.05) is 19.4 Å². The number of rotatable bonds is 6. The van der Waals surface area contributed by atoms with Crippen molar-refractivity contribution in [1.82, 2.24) is 14.7 Å². The fraction of sp³-hybridized carbons (Fsp3) is 0.500. The number of aliphatic hydroxyl groups is 1. The Morgan fingerprint density at radius 3 is 3.25 bits per heavy atom. The summed E-state index contributed by atoms with van der Waals surface area (Å²) < 4.78 is 2.13. The summed E-state index contributed by atoms with van der Waals surface area (Å²) in [6.45, 7) is 1.07. The maximum atomic E-state index is 8.77. The van der Waals surface area contributed by atoms with Gasteiger partial charge in [-0.25, -0.2) is 4.98 Å². The Morgan fingerprint density at radius 1 is 1.62 bits per heavy atom. The van der Waals surface area contributed by atoms with Crippen LogP contribution in [-0.4, -0.2) is 33.9 Å². The van der Waals surface area contributed by atoms with E-state index in [-0.39, 0.29) is 6.61 Å². The van der Waals surface area contributed by atoms with Gasteiger partial charge in [0.2, 0.25) is 0 Å². The molecule has 2 N–H and O–H groups in total. The smallest absolute Gasteiger partial charge is 0.194 e. The number of hydrogen-bond acceptors (Lipinski definition) is 5. The lowest BCUT2D eigenvalue weighted by Gasteiger charge is -2.02.